The van der Waals surface area contributed by atoms with Crippen molar-refractivity contribution in [1.82, 2.24) is 19.3 Å². The Hall–Kier alpha value is -3.99. The zero-order valence-electron chi connectivity index (χ0n) is 19.4. The van der Waals surface area contributed by atoms with Gasteiger partial charge in [-0.15, -0.1) is 0 Å². The highest BCUT2D eigenvalue weighted by atomic mass is 16.5. The third-order valence-electron chi connectivity index (χ3n) is 5.13. The Labute approximate surface area is 196 Å². The van der Waals surface area contributed by atoms with Crippen LogP contribution in [0, 0.1) is 6.92 Å². The molecule has 180 valence electrons. The van der Waals surface area contributed by atoms with Crippen molar-refractivity contribution < 1.29 is 24.2 Å². The lowest BCUT2D eigenvalue weighted by Gasteiger charge is -2.12. The van der Waals surface area contributed by atoms with E-state index in [9.17, 15) is 14.4 Å². The van der Waals surface area contributed by atoms with Gasteiger partial charge < -0.3 is 20.1 Å². The standard InChI is InChI=1S/C23H28N6O5/c1-4-29-18(11-14(2)27-29)21(32)26-23-25-17-13-16(22(33)34-3)12-15(7-5-8-19(30)31)20(17)28(23)10-6-9-24/h5,7,11-13H,4,6,8-10,24H2,1-3H3,(H,30,31)(H,25,26,32)/b7-5+. The SMILES string of the molecule is CCn1nc(C)cc1C(=O)Nc1nc2cc(C(=O)OC)cc(/C=C/CC(=O)O)c2n1CCCN. The number of fused-ring (bicyclic) bond motifs is 1. The van der Waals surface area contributed by atoms with Gasteiger partial charge in [0, 0.05) is 18.7 Å². The Morgan fingerprint density at radius 3 is 2.68 bits per heavy atom. The molecule has 0 bridgehead atoms. The molecule has 2 heterocycles. The maximum absolute atomic E-state index is 13.1. The highest BCUT2D eigenvalue weighted by molar-refractivity contribution is 6.04. The van der Waals surface area contributed by atoms with Crippen molar-refractivity contribution in [2.75, 3.05) is 19.0 Å². The fourth-order valence-electron chi connectivity index (χ4n) is 3.65. The number of amides is 1. The van der Waals surface area contributed by atoms with E-state index < -0.39 is 11.9 Å². The molecule has 1 amide bonds. The molecular weight excluding hydrogens is 440 g/mol. The maximum atomic E-state index is 13.1. The molecule has 0 radical (unpaired) electrons. The molecule has 34 heavy (non-hydrogen) atoms. The van der Waals surface area contributed by atoms with Crippen LogP contribution in [0.2, 0.25) is 0 Å². The molecule has 1 aromatic carbocycles. The number of nitrogens with zero attached hydrogens (tertiary/aromatic N) is 4. The Bertz CT molecular complexity index is 1260. The minimum absolute atomic E-state index is 0.190. The molecule has 0 saturated carbocycles. The van der Waals surface area contributed by atoms with Crippen LogP contribution in [-0.2, 0) is 22.6 Å². The number of aliphatic carboxylic acids is 1. The first-order valence-electron chi connectivity index (χ1n) is 10.9. The zero-order chi connectivity index (χ0) is 24.8. The average Bonchev–Trinajstić information content (AvgIpc) is 3.36. The predicted octanol–water partition coefficient (Wildman–Crippen LogP) is 2.44. The summed E-state index contributed by atoms with van der Waals surface area (Å²) in [6.45, 7) is 5.10. The molecule has 11 heteroatoms. The van der Waals surface area contributed by atoms with Gasteiger partial charge in [0.1, 0.15) is 5.69 Å². The molecule has 4 N–H and O–H groups in total. The number of nitrogens with one attached hydrogen (secondary N) is 1. The molecule has 0 unspecified atom stereocenters. The van der Waals surface area contributed by atoms with Crippen molar-refractivity contribution in [2.45, 2.75) is 39.8 Å². The van der Waals surface area contributed by atoms with E-state index in [1.807, 2.05) is 13.8 Å². The summed E-state index contributed by atoms with van der Waals surface area (Å²) >= 11 is 0. The number of anilines is 1. The number of hydrogen-bond donors (Lipinski definition) is 3. The monoisotopic (exact) mass is 468 g/mol. The van der Waals surface area contributed by atoms with E-state index in [2.05, 4.69) is 15.4 Å². The van der Waals surface area contributed by atoms with E-state index in [1.165, 1.54) is 13.2 Å². The van der Waals surface area contributed by atoms with Crippen LogP contribution in [0.25, 0.3) is 17.1 Å². The topological polar surface area (TPSA) is 154 Å². The zero-order valence-corrected chi connectivity index (χ0v) is 19.4. The van der Waals surface area contributed by atoms with E-state index >= 15 is 0 Å². The number of aromatic nitrogens is 4. The highest BCUT2D eigenvalue weighted by Gasteiger charge is 2.21. The first-order chi connectivity index (χ1) is 16.3. The number of esters is 1. The van der Waals surface area contributed by atoms with Crippen LogP contribution in [0.1, 0.15) is 51.9 Å². The molecule has 2 aromatic heterocycles. The summed E-state index contributed by atoms with van der Waals surface area (Å²) < 4.78 is 8.26. The van der Waals surface area contributed by atoms with Gasteiger partial charge in [0.15, 0.2) is 0 Å². The number of rotatable bonds is 10. The Morgan fingerprint density at radius 2 is 2.03 bits per heavy atom. The largest absolute Gasteiger partial charge is 0.481 e. The van der Waals surface area contributed by atoms with Gasteiger partial charge in [0.05, 0.1) is 35.8 Å². The van der Waals surface area contributed by atoms with Gasteiger partial charge in [0.2, 0.25) is 5.95 Å². The third-order valence-corrected chi connectivity index (χ3v) is 5.13. The number of hydrogen-bond acceptors (Lipinski definition) is 7. The normalized spacial score (nSPS) is 11.3. The average molecular weight is 469 g/mol. The van der Waals surface area contributed by atoms with Crippen LogP contribution in [0.3, 0.4) is 0 Å². The smallest absolute Gasteiger partial charge is 0.337 e. The van der Waals surface area contributed by atoms with Crippen LogP contribution in [0.5, 0.6) is 0 Å². The lowest BCUT2D eigenvalue weighted by molar-refractivity contribution is -0.135. The number of carbonyl (C=O) groups is 3. The van der Waals surface area contributed by atoms with E-state index in [4.69, 9.17) is 15.6 Å². The molecule has 0 fully saturated rings. The number of aryl methyl sites for hydroxylation is 3. The van der Waals surface area contributed by atoms with Crippen molar-refractivity contribution in [2.24, 2.45) is 5.73 Å². The molecular formula is C23H28N6O5. The third kappa shape index (κ3) is 5.31. The fraction of sp³-hybridized carbons (Fsp3) is 0.348. The molecule has 0 saturated heterocycles. The summed E-state index contributed by atoms with van der Waals surface area (Å²) in [5.74, 6) is -1.63. The van der Waals surface area contributed by atoms with Crippen molar-refractivity contribution in [3.63, 3.8) is 0 Å². The Kier molecular flexibility index (Phi) is 7.79. The summed E-state index contributed by atoms with van der Waals surface area (Å²) in [5.41, 5.74) is 8.76. The minimum Gasteiger partial charge on any atom is -0.481 e. The summed E-state index contributed by atoms with van der Waals surface area (Å²) in [6.07, 6.45) is 3.52. The van der Waals surface area contributed by atoms with Crippen LogP contribution >= 0.6 is 0 Å². The van der Waals surface area contributed by atoms with Crippen molar-refractivity contribution >= 4 is 40.9 Å². The Morgan fingerprint density at radius 1 is 1.26 bits per heavy atom. The minimum atomic E-state index is -0.982. The molecule has 3 aromatic rings. The van der Waals surface area contributed by atoms with Crippen LogP contribution in [0.15, 0.2) is 24.3 Å². The number of methoxy groups -OCH3 is 1. The summed E-state index contributed by atoms with van der Waals surface area (Å²) in [4.78, 5) is 40.8. The van der Waals surface area contributed by atoms with Crippen LogP contribution in [0.4, 0.5) is 5.95 Å². The molecule has 11 nitrogen and oxygen atoms in total. The van der Waals surface area contributed by atoms with Crippen LogP contribution < -0.4 is 11.1 Å². The van der Waals surface area contributed by atoms with Crippen molar-refractivity contribution in [3.05, 3.63) is 46.8 Å². The number of imidazole rings is 1. The van der Waals surface area contributed by atoms with E-state index in [0.717, 1.165) is 5.69 Å². The van der Waals surface area contributed by atoms with E-state index in [0.29, 0.717) is 48.3 Å². The number of benzene rings is 1. The number of carboxylic acid groups (broad SMARTS) is 1. The van der Waals surface area contributed by atoms with E-state index in [1.54, 1.807) is 33.5 Å². The molecule has 0 aliphatic heterocycles. The first kappa shape index (κ1) is 24.6. The number of ether oxygens (including phenoxy) is 1. The lowest BCUT2D eigenvalue weighted by atomic mass is 10.1. The van der Waals surface area contributed by atoms with Gasteiger partial charge in [-0.05, 0) is 45.0 Å². The van der Waals surface area contributed by atoms with Gasteiger partial charge in [-0.1, -0.05) is 12.2 Å². The molecule has 0 aliphatic carbocycles. The summed E-state index contributed by atoms with van der Waals surface area (Å²) in [5, 5.41) is 16.2. The van der Waals surface area contributed by atoms with Crippen molar-refractivity contribution in [3.8, 4) is 0 Å². The molecule has 0 aliphatic rings. The maximum Gasteiger partial charge on any atom is 0.337 e. The number of carbonyl (C=O) groups excluding carboxylic acids is 2. The fourth-order valence-corrected chi connectivity index (χ4v) is 3.65. The summed E-state index contributed by atoms with van der Waals surface area (Å²) in [6, 6.07) is 4.88. The molecule has 0 spiro atoms. The second-order valence-corrected chi connectivity index (χ2v) is 7.60. The van der Waals surface area contributed by atoms with Gasteiger partial charge in [0.25, 0.3) is 5.91 Å². The van der Waals surface area contributed by atoms with Gasteiger partial charge in [-0.2, -0.15) is 5.10 Å². The van der Waals surface area contributed by atoms with Crippen molar-refractivity contribution in [1.29, 1.82) is 0 Å². The number of nitrogens with two attached hydrogens (primary N) is 1. The highest BCUT2D eigenvalue weighted by Crippen LogP contribution is 2.28. The predicted molar refractivity (Wildman–Crippen MR) is 127 cm³/mol. The van der Waals surface area contributed by atoms with Gasteiger partial charge in [-0.3, -0.25) is 19.6 Å². The quantitative estimate of drug-likeness (QED) is 0.383. The summed E-state index contributed by atoms with van der Waals surface area (Å²) in [7, 11) is 1.27. The second-order valence-electron chi connectivity index (χ2n) is 7.60. The number of carboxylic acids is 1. The van der Waals surface area contributed by atoms with E-state index in [-0.39, 0.29) is 23.8 Å². The lowest BCUT2D eigenvalue weighted by Crippen LogP contribution is -2.20. The Balaban J connectivity index is 2.15. The first-order valence-corrected chi connectivity index (χ1v) is 10.9. The van der Waals surface area contributed by atoms with Gasteiger partial charge in [-0.25, -0.2) is 9.78 Å². The molecule has 0 atom stereocenters. The molecule has 3 rings (SSSR count). The van der Waals surface area contributed by atoms with Gasteiger partial charge >= 0.3 is 11.9 Å². The van der Waals surface area contributed by atoms with Crippen LogP contribution in [-0.4, -0.2) is 55.9 Å². The second kappa shape index (κ2) is 10.8.